The van der Waals surface area contributed by atoms with E-state index in [2.05, 4.69) is 4.74 Å². The van der Waals surface area contributed by atoms with E-state index in [4.69, 9.17) is 4.55 Å². The molecule has 0 fully saturated rings. The first-order valence-electron chi connectivity index (χ1n) is 3.61. The van der Waals surface area contributed by atoms with Gasteiger partial charge in [-0.15, -0.1) is 0 Å². The van der Waals surface area contributed by atoms with Gasteiger partial charge in [-0.3, -0.25) is 4.55 Å². The van der Waals surface area contributed by atoms with Gasteiger partial charge in [-0.05, 0) is 18.2 Å². The van der Waals surface area contributed by atoms with Crippen molar-refractivity contribution in [3.05, 3.63) is 29.8 Å². The molecule has 0 saturated carbocycles. The van der Waals surface area contributed by atoms with Crippen molar-refractivity contribution in [1.29, 1.82) is 0 Å². The van der Waals surface area contributed by atoms with Gasteiger partial charge < -0.3 is 6.16 Å². The summed E-state index contributed by atoms with van der Waals surface area (Å²) in [5.41, 5.74) is 0.0719. The maximum Gasteiger partial charge on any atom is 1.00 e. The maximum atomic E-state index is 11.0. The molecule has 0 bridgehead atoms. The molecule has 0 aliphatic rings. The van der Waals surface area contributed by atoms with Gasteiger partial charge in [0, 0.05) is 0 Å². The summed E-state index contributed by atoms with van der Waals surface area (Å²) in [5, 5.41) is 0. The zero-order valence-corrected chi connectivity index (χ0v) is 11.1. The summed E-state index contributed by atoms with van der Waals surface area (Å²) in [5.74, 6) is -0.657. The van der Waals surface area contributed by atoms with Crippen LogP contribution in [0.25, 0.3) is 0 Å². The Morgan fingerprint density at radius 2 is 2.07 bits per heavy atom. The first-order valence-corrected chi connectivity index (χ1v) is 5.05. The van der Waals surface area contributed by atoms with E-state index in [9.17, 15) is 13.2 Å². The molecule has 15 heavy (non-hydrogen) atoms. The molecule has 1 aromatic rings. The Morgan fingerprint density at radius 3 is 2.53 bits per heavy atom. The van der Waals surface area contributed by atoms with Gasteiger partial charge in [0.2, 0.25) is 0 Å². The Balaban J connectivity index is 0. The number of ether oxygens (including phenoxy) is 1. The number of rotatable bonds is 2. The van der Waals surface area contributed by atoms with Crippen LogP contribution >= 0.6 is 0 Å². The second kappa shape index (κ2) is 5.62. The van der Waals surface area contributed by atoms with E-state index >= 15 is 0 Å². The molecule has 0 amide bonds. The molecular weight excluding hydrogens is 231 g/mol. The van der Waals surface area contributed by atoms with E-state index in [-0.39, 0.29) is 41.4 Å². The first kappa shape index (κ1) is 14.6. The van der Waals surface area contributed by atoms with Gasteiger partial charge >= 0.3 is 35.5 Å². The van der Waals surface area contributed by atoms with Crippen molar-refractivity contribution in [2.45, 2.75) is 4.90 Å². The Kier molecular flexibility index (Phi) is 5.47. The van der Waals surface area contributed by atoms with Crippen LogP contribution in [0.4, 0.5) is 0 Å². The van der Waals surface area contributed by atoms with E-state index in [0.717, 1.165) is 6.07 Å². The predicted octanol–water partition coefficient (Wildman–Crippen LogP) is -2.16. The standard InChI is InChI=1S/C8H8O5S.Na.H/c1-13-8(9)6-3-2-4-7(5-6)14(10,11)12;;/h2-5H,1H3,(H,10,11,12);;/q;+1;-1. The number of carbonyl (C=O) groups is 1. The average Bonchev–Trinajstić information content (AvgIpc) is 2.15. The molecule has 0 spiro atoms. The fourth-order valence-electron chi connectivity index (χ4n) is 0.901. The van der Waals surface area contributed by atoms with Crippen molar-refractivity contribution < 1.29 is 53.5 Å². The fourth-order valence-corrected chi connectivity index (χ4v) is 1.43. The Hall–Kier alpha value is -0.400. The van der Waals surface area contributed by atoms with Crippen LogP contribution in [-0.4, -0.2) is 26.0 Å². The molecule has 0 radical (unpaired) electrons. The quantitative estimate of drug-likeness (QED) is 0.362. The second-order valence-corrected chi connectivity index (χ2v) is 3.92. The van der Waals surface area contributed by atoms with E-state index in [1.165, 1.54) is 25.3 Å². The number of methoxy groups -OCH3 is 1. The molecule has 0 aliphatic heterocycles. The molecule has 5 nitrogen and oxygen atoms in total. The van der Waals surface area contributed by atoms with Crippen LogP contribution < -0.4 is 29.6 Å². The van der Waals surface area contributed by atoms with E-state index < -0.39 is 16.1 Å². The summed E-state index contributed by atoms with van der Waals surface area (Å²) in [6.45, 7) is 0. The molecule has 1 rings (SSSR count). The van der Waals surface area contributed by atoms with Gasteiger partial charge in [-0.1, -0.05) is 6.07 Å². The third-order valence-electron chi connectivity index (χ3n) is 1.55. The van der Waals surface area contributed by atoms with Crippen LogP contribution in [-0.2, 0) is 14.9 Å². The normalized spacial score (nSPS) is 10.3. The van der Waals surface area contributed by atoms with Gasteiger partial charge in [0.15, 0.2) is 0 Å². The Labute approximate surface area is 111 Å². The van der Waals surface area contributed by atoms with Crippen molar-refractivity contribution in [2.24, 2.45) is 0 Å². The predicted molar refractivity (Wildman–Crippen MR) is 48.7 cm³/mol. The topological polar surface area (TPSA) is 80.7 Å². The fraction of sp³-hybridized carbons (Fsp3) is 0.125. The summed E-state index contributed by atoms with van der Waals surface area (Å²) in [6, 6.07) is 4.96. The number of esters is 1. The number of benzene rings is 1. The third kappa shape index (κ3) is 3.92. The summed E-state index contributed by atoms with van der Waals surface area (Å²) in [7, 11) is -3.09. The molecule has 7 heteroatoms. The van der Waals surface area contributed by atoms with Gasteiger partial charge in [0.05, 0.1) is 17.6 Å². The second-order valence-electron chi connectivity index (χ2n) is 2.49. The summed E-state index contributed by atoms with van der Waals surface area (Å²) < 4.78 is 34.5. The zero-order valence-electron chi connectivity index (χ0n) is 9.30. The van der Waals surface area contributed by atoms with Gasteiger partial charge in [-0.2, -0.15) is 8.42 Å². The molecule has 1 aromatic carbocycles. The summed E-state index contributed by atoms with van der Waals surface area (Å²) in [4.78, 5) is 10.7. The van der Waals surface area contributed by atoms with Crippen molar-refractivity contribution in [1.82, 2.24) is 0 Å². The SMILES string of the molecule is COC(=O)c1cccc(S(=O)(=O)O)c1.[H-].[Na+]. The number of hydrogen-bond donors (Lipinski definition) is 1. The van der Waals surface area contributed by atoms with Gasteiger partial charge in [-0.25, -0.2) is 4.79 Å². The van der Waals surface area contributed by atoms with Crippen LogP contribution in [0, 0.1) is 0 Å². The summed E-state index contributed by atoms with van der Waals surface area (Å²) >= 11 is 0. The van der Waals surface area contributed by atoms with E-state index in [1.807, 2.05) is 0 Å². The van der Waals surface area contributed by atoms with Gasteiger partial charge in [0.25, 0.3) is 10.1 Å². The van der Waals surface area contributed by atoms with Crippen LogP contribution in [0.3, 0.4) is 0 Å². The molecule has 0 aliphatic carbocycles. The summed E-state index contributed by atoms with van der Waals surface area (Å²) in [6.07, 6.45) is 0. The molecule has 0 unspecified atom stereocenters. The average molecular weight is 240 g/mol. The molecule has 1 N–H and O–H groups in total. The largest absolute Gasteiger partial charge is 1.00 e. The van der Waals surface area contributed by atoms with Crippen molar-refractivity contribution in [2.75, 3.05) is 7.11 Å². The van der Waals surface area contributed by atoms with Crippen molar-refractivity contribution in [3.63, 3.8) is 0 Å². The number of carbonyl (C=O) groups excluding carboxylic acids is 1. The van der Waals surface area contributed by atoms with Gasteiger partial charge in [0.1, 0.15) is 0 Å². The molecule has 0 aromatic heterocycles. The molecule has 0 saturated heterocycles. The molecule has 0 heterocycles. The van der Waals surface area contributed by atoms with Crippen molar-refractivity contribution >= 4 is 16.1 Å². The first-order chi connectivity index (χ1) is 6.45. The monoisotopic (exact) mass is 240 g/mol. The van der Waals surface area contributed by atoms with Crippen LogP contribution in [0.15, 0.2) is 29.2 Å². The van der Waals surface area contributed by atoms with E-state index in [1.54, 1.807) is 0 Å². The third-order valence-corrected chi connectivity index (χ3v) is 2.40. The van der Waals surface area contributed by atoms with Crippen molar-refractivity contribution in [3.8, 4) is 0 Å². The zero-order chi connectivity index (χ0) is 10.8. The van der Waals surface area contributed by atoms with Crippen LogP contribution in [0.1, 0.15) is 11.8 Å². The molecule has 78 valence electrons. The van der Waals surface area contributed by atoms with Crippen LogP contribution in [0.2, 0.25) is 0 Å². The molecular formula is C8H9NaO5S. The van der Waals surface area contributed by atoms with E-state index in [0.29, 0.717) is 0 Å². The smallest absolute Gasteiger partial charge is 1.00 e. The Morgan fingerprint density at radius 1 is 1.47 bits per heavy atom. The van der Waals surface area contributed by atoms with Crippen LogP contribution in [0.5, 0.6) is 0 Å². The maximum absolute atomic E-state index is 11.0. The Bertz CT molecular complexity index is 459. The molecule has 0 atom stereocenters. The number of hydrogen-bond acceptors (Lipinski definition) is 4. The minimum atomic E-state index is -4.27. The minimum Gasteiger partial charge on any atom is -1.00 e. The minimum absolute atomic E-state index is 0.